The Labute approximate surface area is 137 Å². The molecule has 0 bridgehead atoms. The first kappa shape index (κ1) is 18.4. The minimum Gasteiger partial charge on any atom is -0.294 e. The van der Waals surface area contributed by atoms with Crippen LogP contribution in [-0.4, -0.2) is 68.4 Å². The zero-order valence-corrected chi connectivity index (χ0v) is 15.1. The number of hydrogen-bond donors (Lipinski definition) is 1. The van der Waals surface area contributed by atoms with Crippen LogP contribution in [0.1, 0.15) is 25.6 Å². The fourth-order valence-electron chi connectivity index (χ4n) is 2.52. The Bertz CT molecular complexity index is 727. The molecular weight excluding hydrogens is 340 g/mol. The Balaban J connectivity index is 2.05. The third-order valence-corrected chi connectivity index (χ3v) is 7.08. The number of hydrogen-bond acceptors (Lipinski definition) is 6. The summed E-state index contributed by atoms with van der Waals surface area (Å²) >= 11 is 0. The molecule has 0 aliphatic carbocycles. The van der Waals surface area contributed by atoms with Crippen LogP contribution >= 0.6 is 0 Å². The summed E-state index contributed by atoms with van der Waals surface area (Å²) in [5.74, 6) is 0.285. The lowest BCUT2D eigenvalue weighted by Gasteiger charge is -2.33. The quantitative estimate of drug-likeness (QED) is 0.674. The van der Waals surface area contributed by atoms with Gasteiger partial charge in [0.05, 0.1) is 23.2 Å². The maximum atomic E-state index is 11.7. The van der Waals surface area contributed by atoms with Gasteiger partial charge < -0.3 is 0 Å². The van der Waals surface area contributed by atoms with Gasteiger partial charge in [-0.05, 0) is 13.0 Å². The van der Waals surface area contributed by atoms with Crippen LogP contribution in [0.5, 0.6) is 0 Å². The summed E-state index contributed by atoms with van der Waals surface area (Å²) in [6.45, 7) is 5.12. The SMILES string of the molecule is CCS(=O)(=O)CCN1Cc2ccnn2[C@H](CNS(=O)(=O)CC)C1. The van der Waals surface area contributed by atoms with Gasteiger partial charge in [0.25, 0.3) is 0 Å². The zero-order valence-electron chi connectivity index (χ0n) is 13.5. The second-order valence-electron chi connectivity index (χ2n) is 5.64. The summed E-state index contributed by atoms with van der Waals surface area (Å²) in [5, 5.41) is 4.26. The van der Waals surface area contributed by atoms with E-state index in [1.54, 1.807) is 20.0 Å². The number of rotatable bonds is 8. The van der Waals surface area contributed by atoms with Crippen LogP contribution in [0.25, 0.3) is 0 Å². The summed E-state index contributed by atoms with van der Waals surface area (Å²) < 4.78 is 51.0. The molecule has 1 atom stereocenters. The zero-order chi connectivity index (χ0) is 17.1. The van der Waals surface area contributed by atoms with Gasteiger partial charge >= 0.3 is 0 Å². The molecule has 1 aromatic heterocycles. The molecule has 0 saturated carbocycles. The number of sulfonamides is 1. The van der Waals surface area contributed by atoms with Crippen molar-refractivity contribution in [1.82, 2.24) is 19.4 Å². The summed E-state index contributed by atoms with van der Waals surface area (Å²) in [7, 11) is -6.28. The largest absolute Gasteiger partial charge is 0.294 e. The fourth-order valence-corrected chi connectivity index (χ4v) is 4.00. The normalized spacial score (nSPS) is 19.7. The van der Waals surface area contributed by atoms with Crippen molar-refractivity contribution in [3.8, 4) is 0 Å². The summed E-state index contributed by atoms with van der Waals surface area (Å²) in [5.41, 5.74) is 0.964. The molecule has 8 nitrogen and oxygen atoms in total. The third-order valence-electron chi connectivity index (χ3n) is 4.03. The lowest BCUT2D eigenvalue weighted by atomic mass is 10.2. The van der Waals surface area contributed by atoms with Crippen LogP contribution in [0.3, 0.4) is 0 Å². The first-order valence-corrected chi connectivity index (χ1v) is 11.2. The highest BCUT2D eigenvalue weighted by Gasteiger charge is 2.27. The third kappa shape index (κ3) is 5.00. The van der Waals surface area contributed by atoms with Crippen molar-refractivity contribution < 1.29 is 16.8 Å². The Morgan fingerprint density at radius 2 is 2.00 bits per heavy atom. The monoisotopic (exact) mass is 364 g/mol. The molecule has 0 radical (unpaired) electrons. The van der Waals surface area contributed by atoms with Crippen LogP contribution < -0.4 is 4.72 Å². The molecule has 0 saturated heterocycles. The van der Waals surface area contributed by atoms with E-state index in [9.17, 15) is 16.8 Å². The fraction of sp³-hybridized carbons (Fsp3) is 0.769. The lowest BCUT2D eigenvalue weighted by molar-refractivity contribution is 0.184. The summed E-state index contributed by atoms with van der Waals surface area (Å²) in [4.78, 5) is 2.04. The second-order valence-corrected chi connectivity index (χ2v) is 10.2. The van der Waals surface area contributed by atoms with E-state index in [0.29, 0.717) is 19.6 Å². The number of sulfone groups is 1. The molecule has 1 aliphatic rings. The molecule has 0 spiro atoms. The van der Waals surface area contributed by atoms with E-state index in [1.165, 1.54) is 0 Å². The number of aromatic nitrogens is 2. The smallest absolute Gasteiger partial charge is 0.211 e. The Morgan fingerprint density at radius 1 is 1.26 bits per heavy atom. The topological polar surface area (TPSA) is 101 Å². The van der Waals surface area contributed by atoms with Gasteiger partial charge in [-0.1, -0.05) is 6.92 Å². The van der Waals surface area contributed by atoms with E-state index < -0.39 is 19.9 Å². The van der Waals surface area contributed by atoms with Crippen molar-refractivity contribution in [1.29, 1.82) is 0 Å². The van der Waals surface area contributed by atoms with Crippen molar-refractivity contribution >= 4 is 19.9 Å². The van der Waals surface area contributed by atoms with Gasteiger partial charge in [0.15, 0.2) is 9.84 Å². The lowest BCUT2D eigenvalue weighted by Crippen LogP contribution is -2.44. The first-order valence-electron chi connectivity index (χ1n) is 7.69. The predicted molar refractivity (Wildman–Crippen MR) is 88.3 cm³/mol. The average molecular weight is 364 g/mol. The van der Waals surface area contributed by atoms with Gasteiger partial charge in [-0.2, -0.15) is 5.10 Å². The number of nitrogens with zero attached hydrogens (tertiary/aromatic N) is 3. The minimum absolute atomic E-state index is 0.0319. The molecule has 0 unspecified atom stereocenters. The van der Waals surface area contributed by atoms with E-state index in [0.717, 1.165) is 5.69 Å². The molecule has 1 N–H and O–H groups in total. The summed E-state index contributed by atoms with van der Waals surface area (Å²) in [6.07, 6.45) is 1.68. The van der Waals surface area contributed by atoms with Crippen LogP contribution in [0, 0.1) is 0 Å². The van der Waals surface area contributed by atoms with E-state index in [2.05, 4.69) is 9.82 Å². The molecule has 1 aromatic rings. The molecule has 23 heavy (non-hydrogen) atoms. The highest BCUT2D eigenvalue weighted by Crippen LogP contribution is 2.19. The highest BCUT2D eigenvalue weighted by atomic mass is 32.2. The maximum absolute atomic E-state index is 11.7. The van der Waals surface area contributed by atoms with Crippen molar-refractivity contribution in [3.05, 3.63) is 18.0 Å². The Kier molecular flexibility index (Phi) is 5.82. The van der Waals surface area contributed by atoms with E-state index in [4.69, 9.17) is 0 Å². The molecule has 1 aliphatic heterocycles. The number of fused-ring (bicyclic) bond motifs is 1. The molecule has 0 aromatic carbocycles. The maximum Gasteiger partial charge on any atom is 0.211 e. The van der Waals surface area contributed by atoms with Gasteiger partial charge in [0, 0.05) is 38.1 Å². The van der Waals surface area contributed by atoms with E-state index >= 15 is 0 Å². The Hall–Kier alpha value is -0.970. The second kappa shape index (κ2) is 7.29. The Morgan fingerprint density at radius 3 is 2.65 bits per heavy atom. The first-order chi connectivity index (χ1) is 10.8. The predicted octanol–water partition coefficient (Wildman–Crippen LogP) is -0.386. The highest BCUT2D eigenvalue weighted by molar-refractivity contribution is 7.91. The van der Waals surface area contributed by atoms with Gasteiger partial charge in [-0.15, -0.1) is 0 Å². The van der Waals surface area contributed by atoms with Crippen molar-refractivity contribution in [3.63, 3.8) is 0 Å². The van der Waals surface area contributed by atoms with Gasteiger partial charge in [0.2, 0.25) is 10.0 Å². The van der Waals surface area contributed by atoms with Crippen molar-refractivity contribution in [2.45, 2.75) is 26.4 Å². The molecule has 10 heteroatoms. The van der Waals surface area contributed by atoms with Crippen LogP contribution in [0.15, 0.2) is 12.3 Å². The van der Waals surface area contributed by atoms with Crippen molar-refractivity contribution in [2.24, 2.45) is 0 Å². The van der Waals surface area contributed by atoms with E-state index in [-0.39, 0.29) is 29.8 Å². The molecule has 132 valence electrons. The van der Waals surface area contributed by atoms with Gasteiger partial charge in [-0.3, -0.25) is 9.58 Å². The van der Waals surface area contributed by atoms with Gasteiger partial charge in [0.1, 0.15) is 0 Å². The summed E-state index contributed by atoms with van der Waals surface area (Å²) in [6, 6.07) is 1.74. The average Bonchev–Trinajstić information content (AvgIpc) is 2.99. The van der Waals surface area contributed by atoms with Gasteiger partial charge in [-0.25, -0.2) is 21.6 Å². The van der Waals surface area contributed by atoms with Crippen LogP contribution in [0.4, 0.5) is 0 Å². The van der Waals surface area contributed by atoms with Crippen molar-refractivity contribution in [2.75, 3.05) is 36.9 Å². The number of nitrogens with one attached hydrogen (secondary N) is 1. The standard InChI is InChI=1S/C13H24N4O4S2/c1-3-22(18,19)8-7-16-10-12-5-6-14-17(12)13(11-16)9-15-23(20,21)4-2/h5-6,13,15H,3-4,7-11H2,1-2H3/t13-/m1/s1. The van der Waals surface area contributed by atoms with Crippen LogP contribution in [0.2, 0.25) is 0 Å². The minimum atomic E-state index is -3.27. The molecule has 2 rings (SSSR count). The molecular formula is C13H24N4O4S2. The molecule has 0 fully saturated rings. The molecule has 0 amide bonds. The molecule has 2 heterocycles. The van der Waals surface area contributed by atoms with Crippen LogP contribution in [-0.2, 0) is 26.4 Å². The van der Waals surface area contributed by atoms with E-state index in [1.807, 2.05) is 15.6 Å².